The number of alkyl halides is 1. The lowest BCUT2D eigenvalue weighted by Crippen LogP contribution is -2.67. The van der Waals surface area contributed by atoms with Crippen LogP contribution >= 0.6 is 0 Å². The molecule has 0 aliphatic heterocycles. The van der Waals surface area contributed by atoms with E-state index in [0.717, 1.165) is 12.0 Å². The van der Waals surface area contributed by atoms with E-state index in [4.69, 9.17) is 0 Å². The van der Waals surface area contributed by atoms with E-state index in [2.05, 4.69) is 20.8 Å². The Morgan fingerprint density at radius 1 is 1.29 bits per heavy atom. The monoisotopic (exact) mass is 388 g/mol. The van der Waals surface area contributed by atoms with Crippen molar-refractivity contribution in [1.82, 2.24) is 0 Å². The van der Waals surface area contributed by atoms with Crippen molar-refractivity contribution in [3.63, 3.8) is 0 Å². The molecule has 8 atom stereocenters. The smallest absolute Gasteiger partial charge is 0.178 e. The first-order chi connectivity index (χ1) is 13.0. The quantitative estimate of drug-likeness (QED) is 0.753. The summed E-state index contributed by atoms with van der Waals surface area (Å²) in [5.74, 6) is 0.0447. The molecule has 0 saturated heterocycles. The van der Waals surface area contributed by atoms with Crippen molar-refractivity contribution in [2.24, 2.45) is 34.0 Å². The molecule has 0 aromatic rings. The molecule has 3 saturated carbocycles. The largest absolute Gasteiger partial charge is 0.390 e. The predicted octanol–water partition coefficient (Wildman–Crippen LogP) is 4.59. The van der Waals surface area contributed by atoms with E-state index in [1.807, 2.05) is 13.8 Å². The summed E-state index contributed by atoms with van der Waals surface area (Å²) in [6.45, 7) is 10.0. The summed E-state index contributed by atoms with van der Waals surface area (Å²) in [6, 6.07) is 0. The predicted molar refractivity (Wildman–Crippen MR) is 106 cm³/mol. The standard InChI is InChI=1S/C24H33FO3/c1-6-19(27)23(5)14(2)11-18-17-8-7-15-12-16(26)9-10-21(15,3)24(17,25)20(28)13-22(18,23)4/h9-10,12,14,17-18,20,28H,6-8,11,13H2,1-5H3/t14-,17+,18+,20+,21+,22+,23-,24+/m1/s1. The van der Waals surface area contributed by atoms with Crippen LogP contribution in [0.15, 0.2) is 23.8 Å². The number of aliphatic hydroxyl groups is 1. The van der Waals surface area contributed by atoms with Gasteiger partial charge in [0.1, 0.15) is 5.78 Å². The number of rotatable bonds is 2. The molecule has 0 aromatic heterocycles. The average molecular weight is 389 g/mol. The summed E-state index contributed by atoms with van der Waals surface area (Å²) < 4.78 is 17.0. The van der Waals surface area contributed by atoms with Gasteiger partial charge in [0.2, 0.25) is 0 Å². The summed E-state index contributed by atoms with van der Waals surface area (Å²) in [5, 5.41) is 11.3. The van der Waals surface area contributed by atoms with Crippen LogP contribution in [0.2, 0.25) is 0 Å². The number of halogens is 1. The molecule has 4 aliphatic rings. The second kappa shape index (κ2) is 5.87. The van der Waals surface area contributed by atoms with Crippen LogP contribution in [-0.2, 0) is 9.59 Å². The van der Waals surface area contributed by atoms with Gasteiger partial charge in [-0.25, -0.2) is 4.39 Å². The van der Waals surface area contributed by atoms with Crippen molar-refractivity contribution >= 4 is 11.6 Å². The van der Waals surface area contributed by atoms with Gasteiger partial charge in [0.05, 0.1) is 6.10 Å². The van der Waals surface area contributed by atoms with E-state index in [9.17, 15) is 14.7 Å². The topological polar surface area (TPSA) is 54.4 Å². The van der Waals surface area contributed by atoms with Gasteiger partial charge < -0.3 is 5.11 Å². The number of carbonyl (C=O) groups excluding carboxylic acids is 2. The van der Waals surface area contributed by atoms with Gasteiger partial charge in [0.15, 0.2) is 11.5 Å². The number of hydrogen-bond acceptors (Lipinski definition) is 3. The average Bonchev–Trinajstić information content (AvgIpc) is 2.84. The van der Waals surface area contributed by atoms with E-state index in [1.54, 1.807) is 12.2 Å². The SMILES string of the molecule is CCC(=O)[C@@]1(C)[C@H](C)C[C@H]2[C@@H]3CCC4=CC(=O)C=C[C@]4(C)[C@@]3(F)[C@@H](O)C[C@@]21C. The van der Waals surface area contributed by atoms with E-state index in [0.29, 0.717) is 25.7 Å². The van der Waals surface area contributed by atoms with E-state index >= 15 is 4.39 Å². The molecular formula is C24H33FO3. The van der Waals surface area contributed by atoms with Crippen molar-refractivity contribution in [2.45, 2.75) is 78.5 Å². The van der Waals surface area contributed by atoms with Gasteiger partial charge in [-0.2, -0.15) is 0 Å². The van der Waals surface area contributed by atoms with Crippen LogP contribution in [0.25, 0.3) is 0 Å². The summed E-state index contributed by atoms with van der Waals surface area (Å²) >= 11 is 0. The zero-order valence-electron chi connectivity index (χ0n) is 17.7. The minimum absolute atomic E-state index is 0.0563. The molecule has 1 N–H and O–H groups in total. The third-order valence-corrected chi connectivity index (χ3v) is 9.71. The number of allylic oxidation sites excluding steroid dienone is 4. The first kappa shape index (κ1) is 20.0. The normalized spacial score (nSPS) is 52.5. The maximum atomic E-state index is 17.0. The molecule has 0 amide bonds. The summed E-state index contributed by atoms with van der Waals surface area (Å²) in [6.07, 6.45) is 6.45. The Kier molecular flexibility index (Phi) is 4.19. The highest BCUT2D eigenvalue weighted by molar-refractivity contribution is 6.01. The minimum Gasteiger partial charge on any atom is -0.390 e. The zero-order valence-corrected chi connectivity index (χ0v) is 17.7. The highest BCUT2D eigenvalue weighted by Gasteiger charge is 2.74. The lowest BCUT2D eigenvalue weighted by molar-refractivity contribution is -0.204. The van der Waals surface area contributed by atoms with Gasteiger partial charge in [0, 0.05) is 23.2 Å². The van der Waals surface area contributed by atoms with Crippen LogP contribution in [0.1, 0.15) is 66.7 Å². The van der Waals surface area contributed by atoms with E-state index < -0.39 is 28.0 Å². The second-order valence-electron chi connectivity index (χ2n) is 10.4. The van der Waals surface area contributed by atoms with Gasteiger partial charge in [-0.3, -0.25) is 9.59 Å². The molecule has 3 fully saturated rings. The first-order valence-corrected chi connectivity index (χ1v) is 10.8. The number of aliphatic hydroxyl groups excluding tert-OH is 1. The maximum absolute atomic E-state index is 17.0. The van der Waals surface area contributed by atoms with Crippen molar-refractivity contribution in [2.75, 3.05) is 0 Å². The van der Waals surface area contributed by atoms with Crippen LogP contribution in [0.3, 0.4) is 0 Å². The van der Waals surface area contributed by atoms with Crippen molar-refractivity contribution in [3.05, 3.63) is 23.8 Å². The second-order valence-corrected chi connectivity index (χ2v) is 10.4. The summed E-state index contributed by atoms with van der Waals surface area (Å²) in [7, 11) is 0. The molecule has 0 bridgehead atoms. The van der Waals surface area contributed by atoms with Gasteiger partial charge in [-0.1, -0.05) is 39.3 Å². The first-order valence-electron chi connectivity index (χ1n) is 10.8. The van der Waals surface area contributed by atoms with Crippen LogP contribution in [0.4, 0.5) is 4.39 Å². The van der Waals surface area contributed by atoms with Crippen LogP contribution in [-0.4, -0.2) is 28.4 Å². The molecule has 0 heterocycles. The lowest BCUT2D eigenvalue weighted by Gasteiger charge is -2.63. The molecule has 0 unspecified atom stereocenters. The number of fused-ring (bicyclic) bond motifs is 5. The molecule has 28 heavy (non-hydrogen) atoms. The number of Topliss-reactive ketones (excluding diaryl/α,β-unsaturated/α-hetero) is 1. The fraction of sp³-hybridized carbons (Fsp3) is 0.750. The summed E-state index contributed by atoms with van der Waals surface area (Å²) in [5.41, 5.74) is -2.91. The van der Waals surface area contributed by atoms with Crippen LogP contribution < -0.4 is 0 Å². The van der Waals surface area contributed by atoms with E-state index in [-0.39, 0.29) is 29.3 Å². The Labute approximate surface area is 167 Å². The van der Waals surface area contributed by atoms with Gasteiger partial charge in [-0.05, 0) is 62.0 Å². The Balaban J connectivity index is 1.84. The fourth-order valence-electron chi connectivity index (χ4n) is 7.73. The summed E-state index contributed by atoms with van der Waals surface area (Å²) in [4.78, 5) is 24.9. The molecular weight excluding hydrogens is 355 g/mol. The number of hydrogen-bond donors (Lipinski definition) is 1. The van der Waals surface area contributed by atoms with Crippen LogP contribution in [0, 0.1) is 34.0 Å². The van der Waals surface area contributed by atoms with Gasteiger partial charge in [0.25, 0.3) is 0 Å². The van der Waals surface area contributed by atoms with Crippen molar-refractivity contribution in [3.8, 4) is 0 Å². The van der Waals surface area contributed by atoms with Crippen molar-refractivity contribution < 1.29 is 19.1 Å². The fourth-order valence-corrected chi connectivity index (χ4v) is 7.73. The molecule has 4 aliphatic carbocycles. The van der Waals surface area contributed by atoms with Gasteiger partial charge >= 0.3 is 0 Å². The molecule has 4 rings (SSSR count). The highest BCUT2D eigenvalue weighted by Crippen LogP contribution is 2.73. The van der Waals surface area contributed by atoms with E-state index in [1.165, 1.54) is 6.08 Å². The molecule has 0 radical (unpaired) electrons. The third kappa shape index (κ3) is 2.03. The Morgan fingerprint density at radius 2 is 1.96 bits per heavy atom. The number of carbonyl (C=O) groups is 2. The maximum Gasteiger partial charge on any atom is 0.178 e. The molecule has 4 heteroatoms. The highest BCUT2D eigenvalue weighted by atomic mass is 19.1. The lowest BCUT2D eigenvalue weighted by atomic mass is 9.43. The molecule has 154 valence electrons. The van der Waals surface area contributed by atoms with Crippen LogP contribution in [0.5, 0.6) is 0 Å². The Morgan fingerprint density at radius 3 is 2.61 bits per heavy atom. The Hall–Kier alpha value is -1.29. The molecule has 3 nitrogen and oxygen atoms in total. The minimum atomic E-state index is -1.81. The molecule has 0 aromatic carbocycles. The molecule has 0 spiro atoms. The third-order valence-electron chi connectivity index (χ3n) is 9.71. The van der Waals surface area contributed by atoms with Gasteiger partial charge in [-0.15, -0.1) is 0 Å². The number of ketones is 2. The van der Waals surface area contributed by atoms with Crippen molar-refractivity contribution in [1.29, 1.82) is 0 Å². The zero-order chi connectivity index (χ0) is 20.7. The Bertz CT molecular complexity index is 800.